The lowest BCUT2D eigenvalue weighted by Gasteiger charge is -2.30. The van der Waals surface area contributed by atoms with Crippen molar-refractivity contribution in [1.29, 1.82) is 0 Å². The predicted octanol–water partition coefficient (Wildman–Crippen LogP) is 3.39. The third kappa shape index (κ3) is 3.52. The van der Waals surface area contributed by atoms with Gasteiger partial charge in [0.05, 0.1) is 5.69 Å². The van der Waals surface area contributed by atoms with E-state index in [2.05, 4.69) is 11.1 Å². The lowest BCUT2D eigenvalue weighted by molar-refractivity contribution is -0.135. The average molecular weight is 366 g/mol. The second-order valence-electron chi connectivity index (χ2n) is 7.10. The molecule has 0 radical (unpaired) electrons. The van der Waals surface area contributed by atoms with E-state index in [1.807, 2.05) is 23.2 Å². The molecule has 1 saturated heterocycles. The third-order valence-electron chi connectivity index (χ3n) is 5.47. The highest BCUT2D eigenvalue weighted by Crippen LogP contribution is 2.37. The van der Waals surface area contributed by atoms with Gasteiger partial charge in [0, 0.05) is 32.0 Å². The van der Waals surface area contributed by atoms with Crippen LogP contribution in [-0.2, 0) is 22.4 Å². The molecule has 1 aliphatic heterocycles. The topological polar surface area (TPSA) is 42.4 Å². The summed E-state index contributed by atoms with van der Waals surface area (Å²) in [5.74, 6) is -0.166. The molecule has 0 atom stereocenters. The molecular formula is C22H23FN2O2. The molecule has 2 aromatic rings. The molecule has 2 heterocycles. The van der Waals surface area contributed by atoms with Crippen LogP contribution in [0.15, 0.2) is 42.1 Å². The number of carbonyl (C=O) groups excluding carboxylic acids is 1. The van der Waals surface area contributed by atoms with Gasteiger partial charge in [-0.15, -0.1) is 0 Å². The number of hydrogen-bond acceptors (Lipinski definition) is 3. The van der Waals surface area contributed by atoms with E-state index in [1.54, 1.807) is 13.2 Å². The molecule has 27 heavy (non-hydrogen) atoms. The fourth-order valence-electron chi connectivity index (χ4n) is 4.12. The van der Waals surface area contributed by atoms with Crippen molar-refractivity contribution in [3.63, 3.8) is 0 Å². The number of benzene rings is 1. The predicted molar refractivity (Wildman–Crippen MR) is 102 cm³/mol. The monoisotopic (exact) mass is 366 g/mol. The lowest BCUT2D eigenvalue weighted by atomic mass is 9.88. The van der Waals surface area contributed by atoms with Crippen molar-refractivity contribution >= 4 is 11.5 Å². The molecule has 1 aliphatic carbocycles. The zero-order valence-electron chi connectivity index (χ0n) is 15.5. The molecule has 2 aliphatic rings. The first-order valence-electron chi connectivity index (χ1n) is 9.39. The molecule has 140 valence electrons. The van der Waals surface area contributed by atoms with Crippen LogP contribution >= 0.6 is 0 Å². The summed E-state index contributed by atoms with van der Waals surface area (Å²) in [7, 11) is 1.54. The number of methoxy groups -OCH3 is 1. The normalized spacial score (nSPS) is 16.6. The molecule has 0 unspecified atom stereocenters. The zero-order valence-corrected chi connectivity index (χ0v) is 15.5. The van der Waals surface area contributed by atoms with Crippen molar-refractivity contribution in [2.75, 3.05) is 26.8 Å². The Morgan fingerprint density at radius 2 is 1.93 bits per heavy atom. The Balaban J connectivity index is 1.76. The lowest BCUT2D eigenvalue weighted by Crippen LogP contribution is -2.38. The van der Waals surface area contributed by atoms with E-state index in [0.29, 0.717) is 13.1 Å². The van der Waals surface area contributed by atoms with Gasteiger partial charge in [0.25, 0.3) is 0 Å². The number of halogens is 1. The van der Waals surface area contributed by atoms with E-state index in [0.717, 1.165) is 48.1 Å². The minimum absolute atomic E-state index is 0.0309. The quantitative estimate of drug-likeness (QED) is 0.818. The zero-order chi connectivity index (χ0) is 18.8. The van der Waals surface area contributed by atoms with Gasteiger partial charge in [0.2, 0.25) is 5.91 Å². The largest absolute Gasteiger partial charge is 0.375 e. The van der Waals surface area contributed by atoms with Gasteiger partial charge >= 0.3 is 0 Å². The van der Waals surface area contributed by atoms with E-state index in [-0.39, 0.29) is 18.3 Å². The highest BCUT2D eigenvalue weighted by molar-refractivity contribution is 5.85. The van der Waals surface area contributed by atoms with Crippen LogP contribution < -0.4 is 0 Å². The first-order valence-corrected chi connectivity index (χ1v) is 9.39. The second-order valence-corrected chi connectivity index (χ2v) is 7.10. The minimum Gasteiger partial charge on any atom is -0.375 e. The smallest absolute Gasteiger partial charge is 0.248 e. The van der Waals surface area contributed by atoms with Crippen LogP contribution in [0, 0.1) is 5.82 Å². The molecule has 0 spiro atoms. The molecule has 5 heteroatoms. The molecule has 0 bridgehead atoms. The maximum absolute atomic E-state index is 13.9. The second kappa shape index (κ2) is 7.61. The van der Waals surface area contributed by atoms with Crippen molar-refractivity contribution in [3.8, 4) is 0 Å². The highest BCUT2D eigenvalue weighted by Gasteiger charge is 2.26. The Kier molecular flexibility index (Phi) is 5.03. The number of aromatic nitrogens is 1. The Hall–Kier alpha value is -2.53. The number of pyridine rings is 1. The third-order valence-corrected chi connectivity index (χ3v) is 5.47. The van der Waals surface area contributed by atoms with Gasteiger partial charge in [-0.25, -0.2) is 4.39 Å². The maximum Gasteiger partial charge on any atom is 0.248 e. The summed E-state index contributed by atoms with van der Waals surface area (Å²) in [4.78, 5) is 18.6. The average Bonchev–Trinajstić information content (AvgIpc) is 2.85. The summed E-state index contributed by atoms with van der Waals surface area (Å²) in [5, 5.41) is 0. The van der Waals surface area contributed by atoms with Gasteiger partial charge in [-0.3, -0.25) is 9.78 Å². The van der Waals surface area contributed by atoms with E-state index in [9.17, 15) is 9.18 Å². The van der Waals surface area contributed by atoms with Crippen molar-refractivity contribution in [2.24, 2.45) is 0 Å². The molecule has 4 nitrogen and oxygen atoms in total. The molecule has 1 amide bonds. The van der Waals surface area contributed by atoms with Crippen molar-refractivity contribution < 1.29 is 13.9 Å². The van der Waals surface area contributed by atoms with E-state index in [4.69, 9.17) is 4.74 Å². The van der Waals surface area contributed by atoms with Crippen LogP contribution in [-0.4, -0.2) is 42.6 Å². The number of aryl methyl sites for hydroxylation is 2. The number of likely N-dealkylation sites (tertiary alicyclic amines) is 1. The number of nitrogens with zero attached hydrogens (tertiary/aromatic N) is 2. The Bertz CT molecular complexity index is 897. The van der Waals surface area contributed by atoms with Crippen LogP contribution in [0.3, 0.4) is 0 Å². The molecule has 4 rings (SSSR count). The van der Waals surface area contributed by atoms with E-state index < -0.39 is 0 Å². The molecule has 1 aromatic heterocycles. The van der Waals surface area contributed by atoms with Crippen LogP contribution in [0.25, 0.3) is 5.57 Å². The molecule has 1 fully saturated rings. The number of ether oxygens (including phenoxy) is 1. The van der Waals surface area contributed by atoms with Gasteiger partial charge in [-0.2, -0.15) is 0 Å². The number of rotatable bonds is 2. The van der Waals surface area contributed by atoms with E-state index in [1.165, 1.54) is 17.2 Å². The van der Waals surface area contributed by atoms with Gasteiger partial charge in [-0.05, 0) is 60.6 Å². The van der Waals surface area contributed by atoms with Crippen molar-refractivity contribution in [3.05, 3.63) is 70.3 Å². The standard InChI is InChI=1S/C22H23FN2O2/c1-27-14-20(26)25-11-8-15(9-12-25)21-19-7-6-18(23)13-17(19)5-4-16-3-2-10-24-22(16)21/h2-3,6-7,10,13H,4-5,8-9,11-12,14H2,1H3. The Morgan fingerprint density at radius 3 is 2.70 bits per heavy atom. The first kappa shape index (κ1) is 17.9. The van der Waals surface area contributed by atoms with Crippen molar-refractivity contribution in [1.82, 2.24) is 9.88 Å². The fraction of sp³-hybridized carbons (Fsp3) is 0.364. The highest BCUT2D eigenvalue weighted by atomic mass is 19.1. The van der Waals surface area contributed by atoms with Gasteiger partial charge in [0.15, 0.2) is 0 Å². The van der Waals surface area contributed by atoms with Gasteiger partial charge in [0.1, 0.15) is 12.4 Å². The number of piperidine rings is 1. The van der Waals surface area contributed by atoms with Crippen LogP contribution in [0.2, 0.25) is 0 Å². The SMILES string of the molecule is COCC(=O)N1CCC(=C2c3ccc(F)cc3CCc3cccnc32)CC1. The molecule has 0 saturated carbocycles. The fourth-order valence-corrected chi connectivity index (χ4v) is 4.12. The summed E-state index contributed by atoms with van der Waals surface area (Å²) in [5.41, 5.74) is 6.76. The number of hydrogen-bond donors (Lipinski definition) is 0. The minimum atomic E-state index is -0.197. The van der Waals surface area contributed by atoms with Crippen LogP contribution in [0.1, 0.15) is 35.2 Å². The summed E-state index contributed by atoms with van der Waals surface area (Å²) in [6, 6.07) is 9.15. The molecule has 0 N–H and O–H groups in total. The summed E-state index contributed by atoms with van der Waals surface area (Å²) in [6.45, 7) is 1.48. The summed E-state index contributed by atoms with van der Waals surface area (Å²) < 4.78 is 18.8. The number of carbonyl (C=O) groups is 1. The van der Waals surface area contributed by atoms with E-state index >= 15 is 0 Å². The van der Waals surface area contributed by atoms with Crippen LogP contribution in [0.4, 0.5) is 4.39 Å². The number of fused-ring (bicyclic) bond motifs is 2. The maximum atomic E-state index is 13.9. The van der Waals surface area contributed by atoms with Gasteiger partial charge < -0.3 is 9.64 Å². The Labute approximate surface area is 158 Å². The summed E-state index contributed by atoms with van der Waals surface area (Å²) >= 11 is 0. The summed E-state index contributed by atoms with van der Waals surface area (Å²) in [6.07, 6.45) is 5.09. The Morgan fingerprint density at radius 1 is 1.15 bits per heavy atom. The van der Waals surface area contributed by atoms with Crippen LogP contribution in [0.5, 0.6) is 0 Å². The molecular weight excluding hydrogens is 343 g/mol. The van der Waals surface area contributed by atoms with Gasteiger partial charge in [-0.1, -0.05) is 17.7 Å². The molecule has 1 aromatic carbocycles. The van der Waals surface area contributed by atoms with Crippen molar-refractivity contribution in [2.45, 2.75) is 25.7 Å². The number of amides is 1. The first-order chi connectivity index (χ1) is 13.2.